The number of hydrogen-bond donors (Lipinski definition) is 0. The first-order valence-electron chi connectivity index (χ1n) is 10.8. The molecule has 0 N–H and O–H groups in total. The Kier molecular flexibility index (Phi) is 5.71. The third-order valence-electron chi connectivity index (χ3n) is 6.03. The van der Waals surface area contributed by atoms with Crippen molar-refractivity contribution in [3.8, 4) is 5.75 Å². The van der Waals surface area contributed by atoms with Gasteiger partial charge in [0, 0.05) is 25.4 Å². The number of imidazole rings is 1. The molecule has 2 heterocycles. The van der Waals surface area contributed by atoms with Crippen LogP contribution < -0.4 is 4.74 Å². The molecule has 0 bridgehead atoms. The number of thioether (sulfide) groups is 1. The molecule has 2 fully saturated rings. The third kappa shape index (κ3) is 4.33. The predicted molar refractivity (Wildman–Crippen MR) is 123 cm³/mol. The minimum atomic E-state index is -3.44. The highest BCUT2D eigenvalue weighted by molar-refractivity contribution is 7.98. The Morgan fingerprint density at radius 1 is 1.13 bits per heavy atom. The number of aromatic nitrogens is 2. The highest BCUT2D eigenvalue weighted by atomic mass is 32.2. The van der Waals surface area contributed by atoms with Gasteiger partial charge in [-0.1, -0.05) is 23.9 Å². The molecular weight excluding hydrogens is 430 g/mol. The van der Waals surface area contributed by atoms with Gasteiger partial charge in [0.05, 0.1) is 23.0 Å². The minimum Gasteiger partial charge on any atom is -0.497 e. The topological polar surface area (TPSA) is 64.4 Å². The normalized spacial score (nSPS) is 17.5. The molecule has 31 heavy (non-hydrogen) atoms. The molecule has 1 aromatic heterocycles. The smallest absolute Gasteiger partial charge is 0.243 e. The second kappa shape index (κ2) is 8.48. The summed E-state index contributed by atoms with van der Waals surface area (Å²) in [6.45, 7) is 2.16. The van der Waals surface area contributed by atoms with E-state index in [1.54, 1.807) is 35.3 Å². The van der Waals surface area contributed by atoms with Crippen LogP contribution in [0.1, 0.15) is 31.2 Å². The Morgan fingerprint density at radius 2 is 1.94 bits per heavy atom. The molecule has 0 unspecified atom stereocenters. The van der Waals surface area contributed by atoms with Crippen LogP contribution in [0.3, 0.4) is 0 Å². The number of rotatable bonds is 8. The van der Waals surface area contributed by atoms with Crippen LogP contribution in [-0.2, 0) is 22.3 Å². The Bertz CT molecular complexity index is 1200. The van der Waals surface area contributed by atoms with Crippen molar-refractivity contribution in [2.24, 2.45) is 5.92 Å². The first-order valence-corrected chi connectivity index (χ1v) is 13.2. The summed E-state index contributed by atoms with van der Waals surface area (Å²) < 4.78 is 35.2. The lowest BCUT2D eigenvalue weighted by Crippen LogP contribution is -2.27. The monoisotopic (exact) mass is 457 g/mol. The van der Waals surface area contributed by atoms with E-state index >= 15 is 0 Å². The summed E-state index contributed by atoms with van der Waals surface area (Å²) in [7, 11) is -1.77. The van der Waals surface area contributed by atoms with Crippen molar-refractivity contribution in [2.75, 3.05) is 20.2 Å². The number of fused-ring (bicyclic) bond motifs is 1. The fourth-order valence-corrected chi connectivity index (χ4v) is 6.59. The van der Waals surface area contributed by atoms with Gasteiger partial charge in [0.25, 0.3) is 0 Å². The molecule has 5 rings (SSSR count). The number of methoxy groups -OCH3 is 1. The van der Waals surface area contributed by atoms with Gasteiger partial charge >= 0.3 is 0 Å². The summed E-state index contributed by atoms with van der Waals surface area (Å²) >= 11 is 1.69. The molecule has 2 aromatic carbocycles. The summed E-state index contributed by atoms with van der Waals surface area (Å²) in [6.07, 6.45) is 4.37. The van der Waals surface area contributed by atoms with Gasteiger partial charge in [0.1, 0.15) is 5.75 Å². The standard InChI is InChI=1S/C23H27N3O3S2/c1-29-19-6-4-5-18(13-19)16-30-23-24-21-14-20(31(27,28)25-11-2-3-12-25)9-10-22(21)26(23)15-17-7-8-17/h4-6,9-10,13-14,17H,2-3,7-8,11-12,15-16H2,1H3. The van der Waals surface area contributed by atoms with Crippen LogP contribution >= 0.6 is 11.8 Å². The van der Waals surface area contributed by atoms with Gasteiger partial charge in [-0.25, -0.2) is 13.4 Å². The first-order chi connectivity index (χ1) is 15.0. The lowest BCUT2D eigenvalue weighted by Gasteiger charge is -2.15. The summed E-state index contributed by atoms with van der Waals surface area (Å²) in [5.41, 5.74) is 2.95. The Labute approximate surface area is 187 Å². The molecule has 0 spiro atoms. The van der Waals surface area contributed by atoms with Crippen LogP contribution in [0.25, 0.3) is 11.0 Å². The summed E-state index contributed by atoms with van der Waals surface area (Å²) in [6, 6.07) is 13.5. The van der Waals surface area contributed by atoms with Crippen molar-refractivity contribution in [3.05, 3.63) is 48.0 Å². The molecule has 8 heteroatoms. The number of sulfonamides is 1. The molecule has 1 aliphatic carbocycles. The van der Waals surface area contributed by atoms with E-state index in [-0.39, 0.29) is 0 Å². The van der Waals surface area contributed by atoms with Gasteiger partial charge in [-0.05, 0) is 67.5 Å². The lowest BCUT2D eigenvalue weighted by atomic mass is 10.2. The van der Waals surface area contributed by atoms with Gasteiger partial charge in [-0.3, -0.25) is 0 Å². The van der Waals surface area contributed by atoms with Crippen molar-refractivity contribution in [2.45, 2.75) is 48.0 Å². The molecule has 3 aromatic rings. The van der Waals surface area contributed by atoms with Crippen molar-refractivity contribution < 1.29 is 13.2 Å². The maximum Gasteiger partial charge on any atom is 0.243 e. The van der Waals surface area contributed by atoms with Crippen LogP contribution in [0.15, 0.2) is 52.5 Å². The van der Waals surface area contributed by atoms with E-state index in [1.807, 2.05) is 24.3 Å². The van der Waals surface area contributed by atoms with Crippen LogP contribution in [0, 0.1) is 5.92 Å². The zero-order valence-corrected chi connectivity index (χ0v) is 19.3. The maximum absolute atomic E-state index is 13.0. The van der Waals surface area contributed by atoms with E-state index in [9.17, 15) is 8.42 Å². The highest BCUT2D eigenvalue weighted by Gasteiger charge is 2.29. The quantitative estimate of drug-likeness (QED) is 0.465. The largest absolute Gasteiger partial charge is 0.497 e. The van der Waals surface area contributed by atoms with E-state index in [0.717, 1.165) is 47.1 Å². The molecule has 0 amide bonds. The van der Waals surface area contributed by atoms with E-state index in [4.69, 9.17) is 9.72 Å². The second-order valence-corrected chi connectivity index (χ2v) is 11.2. The Hall–Kier alpha value is -2.03. The van der Waals surface area contributed by atoms with Gasteiger partial charge in [0.2, 0.25) is 10.0 Å². The Balaban J connectivity index is 1.46. The van der Waals surface area contributed by atoms with Crippen LogP contribution in [-0.4, -0.2) is 42.5 Å². The highest BCUT2D eigenvalue weighted by Crippen LogP contribution is 2.36. The van der Waals surface area contributed by atoms with Gasteiger partial charge < -0.3 is 9.30 Å². The van der Waals surface area contributed by atoms with E-state index in [2.05, 4.69) is 10.6 Å². The van der Waals surface area contributed by atoms with Crippen LogP contribution in [0.4, 0.5) is 0 Å². The number of benzene rings is 2. The SMILES string of the molecule is COc1cccc(CSc2nc3cc(S(=O)(=O)N4CCCC4)ccc3n2CC2CC2)c1. The molecule has 2 aliphatic rings. The van der Waals surface area contributed by atoms with Crippen LogP contribution in [0.2, 0.25) is 0 Å². The molecule has 1 saturated carbocycles. The fraction of sp³-hybridized carbons (Fsp3) is 0.435. The number of ether oxygens (including phenoxy) is 1. The molecule has 0 atom stereocenters. The molecular formula is C23H27N3O3S2. The minimum absolute atomic E-state index is 0.349. The maximum atomic E-state index is 13.0. The van der Waals surface area contributed by atoms with Crippen molar-refractivity contribution >= 4 is 32.8 Å². The third-order valence-corrected chi connectivity index (χ3v) is 8.97. The average molecular weight is 458 g/mol. The average Bonchev–Trinajstić information content (AvgIpc) is 3.29. The van der Waals surface area contributed by atoms with Crippen molar-refractivity contribution in [1.82, 2.24) is 13.9 Å². The predicted octanol–water partition coefficient (Wildman–Crippen LogP) is 4.53. The van der Waals surface area contributed by atoms with E-state index < -0.39 is 10.0 Å². The van der Waals surface area contributed by atoms with Gasteiger partial charge in [-0.2, -0.15) is 4.31 Å². The van der Waals surface area contributed by atoms with E-state index in [1.165, 1.54) is 18.4 Å². The summed E-state index contributed by atoms with van der Waals surface area (Å²) in [5.74, 6) is 2.33. The second-order valence-electron chi connectivity index (χ2n) is 8.35. The summed E-state index contributed by atoms with van der Waals surface area (Å²) in [4.78, 5) is 5.21. The fourth-order valence-electron chi connectivity index (χ4n) is 4.08. The molecule has 1 aliphatic heterocycles. The Morgan fingerprint density at radius 3 is 2.68 bits per heavy atom. The molecule has 164 valence electrons. The zero-order chi connectivity index (χ0) is 21.4. The van der Waals surface area contributed by atoms with Crippen molar-refractivity contribution in [3.63, 3.8) is 0 Å². The molecule has 0 radical (unpaired) electrons. The van der Waals surface area contributed by atoms with E-state index in [0.29, 0.717) is 23.9 Å². The summed E-state index contributed by atoms with van der Waals surface area (Å²) in [5, 5.41) is 0.945. The van der Waals surface area contributed by atoms with Crippen LogP contribution in [0.5, 0.6) is 5.75 Å². The van der Waals surface area contributed by atoms with Gasteiger partial charge in [0.15, 0.2) is 5.16 Å². The number of hydrogen-bond acceptors (Lipinski definition) is 5. The van der Waals surface area contributed by atoms with Gasteiger partial charge in [-0.15, -0.1) is 0 Å². The number of nitrogens with zero attached hydrogens (tertiary/aromatic N) is 3. The first kappa shape index (κ1) is 20.8. The zero-order valence-electron chi connectivity index (χ0n) is 17.7. The molecule has 1 saturated heterocycles. The van der Waals surface area contributed by atoms with Crippen molar-refractivity contribution in [1.29, 1.82) is 0 Å². The lowest BCUT2D eigenvalue weighted by molar-refractivity contribution is 0.414. The molecule has 6 nitrogen and oxygen atoms in total.